The van der Waals surface area contributed by atoms with Crippen molar-refractivity contribution in [2.75, 3.05) is 5.32 Å². The van der Waals surface area contributed by atoms with Gasteiger partial charge in [0.25, 0.3) is 0 Å². The highest BCUT2D eigenvalue weighted by atomic mass is 32.1. The molecule has 0 saturated carbocycles. The zero-order valence-electron chi connectivity index (χ0n) is 12.5. The van der Waals surface area contributed by atoms with E-state index < -0.39 is 17.8 Å². The summed E-state index contributed by atoms with van der Waals surface area (Å²) in [6.45, 7) is 2.23. The first-order chi connectivity index (χ1) is 10.5. The van der Waals surface area contributed by atoms with Crippen LogP contribution >= 0.6 is 11.3 Å². The predicted octanol–water partition coefficient (Wildman–Crippen LogP) is 2.87. The Morgan fingerprint density at radius 2 is 2.05 bits per heavy atom. The monoisotopic (exact) mass is 320 g/mol. The number of carboxylic acids is 1. The van der Waals surface area contributed by atoms with Gasteiger partial charge in [0.1, 0.15) is 0 Å². The van der Waals surface area contributed by atoms with Crippen molar-refractivity contribution < 1.29 is 14.7 Å². The molecule has 1 heterocycles. The third-order valence-electron chi connectivity index (χ3n) is 4.50. The van der Waals surface area contributed by atoms with Crippen LogP contribution < -0.4 is 5.32 Å². The van der Waals surface area contributed by atoms with E-state index in [1.54, 1.807) is 0 Å². The molecule has 0 spiro atoms. The maximum Gasteiger partial charge on any atom is 0.307 e. The molecule has 6 heteroatoms. The lowest BCUT2D eigenvalue weighted by Gasteiger charge is -2.23. The zero-order valence-corrected chi connectivity index (χ0v) is 13.4. The predicted molar refractivity (Wildman–Crippen MR) is 84.9 cm³/mol. The molecule has 3 atom stereocenters. The minimum absolute atomic E-state index is 0.226. The number of amides is 1. The molecule has 0 saturated heterocycles. The summed E-state index contributed by atoms with van der Waals surface area (Å²) < 4.78 is 0. The second-order valence-electron chi connectivity index (χ2n) is 6.22. The summed E-state index contributed by atoms with van der Waals surface area (Å²) in [4.78, 5) is 29.5. The van der Waals surface area contributed by atoms with Gasteiger partial charge >= 0.3 is 5.97 Å². The molecule has 2 aliphatic carbocycles. The SMILES string of the molecule is C[C@H]1CCc2nc(NC(=O)[C@H]3CC=CC[C@@H]3C(=O)O)sc2C1. The number of allylic oxidation sites excluding steroid dienone is 2. The van der Waals surface area contributed by atoms with E-state index in [1.165, 1.54) is 16.2 Å². The quantitative estimate of drug-likeness (QED) is 0.839. The lowest BCUT2D eigenvalue weighted by atomic mass is 9.82. The summed E-state index contributed by atoms with van der Waals surface area (Å²) in [6.07, 6.45) is 7.74. The molecule has 5 nitrogen and oxygen atoms in total. The van der Waals surface area contributed by atoms with Gasteiger partial charge in [0.2, 0.25) is 5.91 Å². The van der Waals surface area contributed by atoms with Crippen LogP contribution in [0.2, 0.25) is 0 Å². The van der Waals surface area contributed by atoms with Crippen LogP contribution in [0.25, 0.3) is 0 Å². The van der Waals surface area contributed by atoms with Crippen molar-refractivity contribution in [2.24, 2.45) is 17.8 Å². The third-order valence-corrected chi connectivity index (χ3v) is 5.54. The standard InChI is InChI=1S/C16H20N2O3S/c1-9-6-7-12-13(8-9)22-16(17-12)18-14(19)10-4-2-3-5-11(10)15(20)21/h2-3,9-11H,4-8H2,1H3,(H,20,21)(H,17,18,19)/t9-,10-,11-/m0/s1. The molecule has 0 unspecified atom stereocenters. The first-order valence-electron chi connectivity index (χ1n) is 7.72. The second kappa shape index (κ2) is 6.20. The maximum atomic E-state index is 12.4. The van der Waals surface area contributed by atoms with Crippen LogP contribution in [0.1, 0.15) is 36.8 Å². The number of anilines is 1. The average molecular weight is 320 g/mol. The van der Waals surface area contributed by atoms with Gasteiger partial charge in [-0.1, -0.05) is 19.1 Å². The van der Waals surface area contributed by atoms with E-state index in [1.807, 2.05) is 12.2 Å². The summed E-state index contributed by atoms with van der Waals surface area (Å²) in [6, 6.07) is 0. The zero-order chi connectivity index (χ0) is 15.7. The highest BCUT2D eigenvalue weighted by Crippen LogP contribution is 2.33. The Morgan fingerprint density at radius 1 is 1.32 bits per heavy atom. The Balaban J connectivity index is 1.71. The van der Waals surface area contributed by atoms with E-state index in [0.717, 1.165) is 25.0 Å². The number of hydrogen-bond acceptors (Lipinski definition) is 4. The molecule has 2 aliphatic rings. The van der Waals surface area contributed by atoms with Crippen LogP contribution in [-0.2, 0) is 22.4 Å². The van der Waals surface area contributed by atoms with Gasteiger partial charge in [-0.2, -0.15) is 0 Å². The number of hydrogen-bond donors (Lipinski definition) is 2. The topological polar surface area (TPSA) is 79.3 Å². The molecule has 0 aliphatic heterocycles. The molecule has 1 aromatic heterocycles. The van der Waals surface area contributed by atoms with Crippen LogP contribution in [0.3, 0.4) is 0 Å². The molecular weight excluding hydrogens is 300 g/mol. The number of rotatable bonds is 3. The first-order valence-corrected chi connectivity index (χ1v) is 8.53. The number of nitrogens with zero attached hydrogens (tertiary/aromatic N) is 1. The number of aryl methyl sites for hydroxylation is 1. The fourth-order valence-corrected chi connectivity index (χ4v) is 4.34. The van der Waals surface area contributed by atoms with Crippen molar-refractivity contribution in [2.45, 2.75) is 39.0 Å². The van der Waals surface area contributed by atoms with Crippen LogP contribution in [-0.4, -0.2) is 22.0 Å². The van der Waals surface area contributed by atoms with Gasteiger partial charge in [0.15, 0.2) is 5.13 Å². The molecule has 3 rings (SSSR count). The minimum Gasteiger partial charge on any atom is -0.481 e. The lowest BCUT2D eigenvalue weighted by molar-refractivity contribution is -0.146. The Labute approximate surface area is 133 Å². The summed E-state index contributed by atoms with van der Waals surface area (Å²) >= 11 is 1.53. The Bertz CT molecular complexity index is 623. The van der Waals surface area contributed by atoms with Crippen molar-refractivity contribution >= 4 is 28.3 Å². The number of carbonyl (C=O) groups is 2. The molecular formula is C16H20N2O3S. The Morgan fingerprint density at radius 3 is 2.77 bits per heavy atom. The minimum atomic E-state index is -0.906. The van der Waals surface area contributed by atoms with Gasteiger partial charge in [0.05, 0.1) is 17.5 Å². The normalized spacial score (nSPS) is 27.2. The number of fused-ring (bicyclic) bond motifs is 1. The van der Waals surface area contributed by atoms with Crippen molar-refractivity contribution in [1.82, 2.24) is 4.98 Å². The number of aliphatic carboxylic acids is 1. The molecule has 0 radical (unpaired) electrons. The Hall–Kier alpha value is -1.69. The molecule has 22 heavy (non-hydrogen) atoms. The number of thiazole rings is 1. The van der Waals surface area contributed by atoms with Crippen LogP contribution in [0.4, 0.5) is 5.13 Å². The van der Waals surface area contributed by atoms with Crippen molar-refractivity contribution in [1.29, 1.82) is 0 Å². The number of nitrogens with one attached hydrogen (secondary N) is 1. The molecule has 2 N–H and O–H groups in total. The third kappa shape index (κ3) is 3.06. The lowest BCUT2D eigenvalue weighted by Crippen LogP contribution is -2.34. The number of carbonyl (C=O) groups excluding carboxylic acids is 1. The van der Waals surface area contributed by atoms with Gasteiger partial charge in [-0.25, -0.2) is 4.98 Å². The van der Waals surface area contributed by atoms with E-state index >= 15 is 0 Å². The van der Waals surface area contributed by atoms with Gasteiger partial charge < -0.3 is 10.4 Å². The van der Waals surface area contributed by atoms with Gasteiger partial charge in [-0.3, -0.25) is 9.59 Å². The van der Waals surface area contributed by atoms with Gasteiger partial charge in [0, 0.05) is 4.88 Å². The van der Waals surface area contributed by atoms with E-state index in [-0.39, 0.29) is 5.91 Å². The summed E-state index contributed by atoms with van der Waals surface area (Å²) in [5.41, 5.74) is 1.09. The van der Waals surface area contributed by atoms with Crippen LogP contribution in [0.15, 0.2) is 12.2 Å². The summed E-state index contributed by atoms with van der Waals surface area (Å²) in [5.74, 6) is -1.62. The highest BCUT2D eigenvalue weighted by Gasteiger charge is 2.34. The summed E-state index contributed by atoms with van der Waals surface area (Å²) in [5, 5.41) is 12.7. The van der Waals surface area contributed by atoms with E-state index in [9.17, 15) is 14.7 Å². The average Bonchev–Trinajstić information content (AvgIpc) is 2.88. The van der Waals surface area contributed by atoms with E-state index in [4.69, 9.17) is 0 Å². The van der Waals surface area contributed by atoms with Gasteiger partial charge in [-0.15, -0.1) is 11.3 Å². The molecule has 0 aromatic carbocycles. The Kier molecular flexibility index (Phi) is 4.29. The van der Waals surface area contributed by atoms with E-state index in [0.29, 0.717) is 23.9 Å². The first kappa shape index (κ1) is 15.2. The number of aromatic nitrogens is 1. The molecule has 1 amide bonds. The molecule has 0 fully saturated rings. The van der Waals surface area contributed by atoms with Crippen LogP contribution in [0.5, 0.6) is 0 Å². The fraction of sp³-hybridized carbons (Fsp3) is 0.562. The van der Waals surface area contributed by atoms with Crippen molar-refractivity contribution in [3.63, 3.8) is 0 Å². The number of carboxylic acid groups (broad SMARTS) is 1. The van der Waals surface area contributed by atoms with Crippen molar-refractivity contribution in [3.8, 4) is 0 Å². The molecule has 0 bridgehead atoms. The summed E-state index contributed by atoms with van der Waals surface area (Å²) in [7, 11) is 0. The largest absolute Gasteiger partial charge is 0.481 e. The maximum absolute atomic E-state index is 12.4. The smallest absolute Gasteiger partial charge is 0.307 e. The molecule has 1 aromatic rings. The molecule has 118 valence electrons. The highest BCUT2D eigenvalue weighted by molar-refractivity contribution is 7.15. The second-order valence-corrected chi connectivity index (χ2v) is 7.30. The van der Waals surface area contributed by atoms with E-state index in [2.05, 4.69) is 17.2 Å². The fourth-order valence-electron chi connectivity index (χ4n) is 3.17. The van der Waals surface area contributed by atoms with Gasteiger partial charge in [-0.05, 0) is 38.0 Å². The van der Waals surface area contributed by atoms with Crippen LogP contribution in [0, 0.1) is 17.8 Å². The van der Waals surface area contributed by atoms with Crippen molar-refractivity contribution in [3.05, 3.63) is 22.7 Å².